The van der Waals surface area contributed by atoms with Crippen LogP contribution < -0.4 is 4.74 Å². The second-order valence-corrected chi connectivity index (χ2v) is 6.73. The largest absolute Gasteiger partial charge is 0.507 e. The van der Waals surface area contributed by atoms with Crippen LogP contribution in [0, 0.1) is 0 Å². The highest BCUT2D eigenvalue weighted by Gasteiger charge is 2.46. The molecule has 1 saturated heterocycles. The number of carbonyl (C=O) groups is 2. The Morgan fingerprint density at radius 2 is 1.93 bits per heavy atom. The molecule has 0 aliphatic carbocycles. The van der Waals surface area contributed by atoms with Crippen molar-refractivity contribution in [3.8, 4) is 11.5 Å². The van der Waals surface area contributed by atoms with Gasteiger partial charge in [-0.25, -0.2) is 0 Å². The van der Waals surface area contributed by atoms with Crippen LogP contribution in [0.5, 0.6) is 11.5 Å². The third-order valence-electron chi connectivity index (χ3n) is 4.84. The lowest BCUT2D eigenvalue weighted by Crippen LogP contribution is -2.31. The number of benzene rings is 1. The molecule has 1 atom stereocenters. The minimum atomic E-state index is -0.824. The van der Waals surface area contributed by atoms with Gasteiger partial charge < -0.3 is 24.6 Å². The van der Waals surface area contributed by atoms with Crippen LogP contribution in [-0.4, -0.2) is 58.7 Å². The van der Waals surface area contributed by atoms with Crippen molar-refractivity contribution in [2.24, 2.45) is 0 Å². The summed E-state index contributed by atoms with van der Waals surface area (Å²) in [5, 5.41) is 21.0. The fraction of sp³-hybridized carbons (Fsp3) is 0.318. The molecule has 158 valence electrons. The zero-order chi connectivity index (χ0) is 21.7. The molecule has 1 unspecified atom stereocenters. The maximum atomic E-state index is 12.9. The van der Waals surface area contributed by atoms with Gasteiger partial charge in [-0.2, -0.15) is 0 Å². The summed E-state index contributed by atoms with van der Waals surface area (Å²) in [5.41, 5.74) is 0.911. The van der Waals surface area contributed by atoms with Crippen molar-refractivity contribution in [1.29, 1.82) is 0 Å². The van der Waals surface area contributed by atoms with Gasteiger partial charge in [-0.15, -0.1) is 0 Å². The Morgan fingerprint density at radius 1 is 1.20 bits per heavy atom. The van der Waals surface area contributed by atoms with Gasteiger partial charge in [0, 0.05) is 38.2 Å². The van der Waals surface area contributed by atoms with E-state index in [1.807, 2.05) is 0 Å². The van der Waals surface area contributed by atoms with Crippen LogP contribution in [0.25, 0.3) is 5.76 Å². The molecule has 1 aromatic carbocycles. The number of likely N-dealkylation sites (tertiary alicyclic amines) is 1. The van der Waals surface area contributed by atoms with Crippen LogP contribution in [0.2, 0.25) is 0 Å². The molecule has 0 radical (unpaired) electrons. The fourth-order valence-electron chi connectivity index (χ4n) is 3.47. The second kappa shape index (κ2) is 9.41. The molecule has 30 heavy (non-hydrogen) atoms. The van der Waals surface area contributed by atoms with Crippen molar-refractivity contribution in [1.82, 2.24) is 9.88 Å². The fourth-order valence-corrected chi connectivity index (χ4v) is 3.47. The number of phenolic OH excluding ortho intramolecular Hbond substituents is 1. The van der Waals surface area contributed by atoms with Gasteiger partial charge >= 0.3 is 0 Å². The first-order valence-electron chi connectivity index (χ1n) is 9.63. The molecule has 1 aromatic heterocycles. The SMILES string of the molecule is CCOc1cc(C2/C(=C(\O)c3ccncc3)C(=O)C(=O)N2CCCOC)ccc1O. The van der Waals surface area contributed by atoms with Crippen LogP contribution in [0.4, 0.5) is 0 Å². The number of aliphatic hydroxyl groups is 1. The number of amides is 1. The predicted molar refractivity (Wildman–Crippen MR) is 109 cm³/mol. The number of carbonyl (C=O) groups excluding carboxylic acids is 2. The summed E-state index contributed by atoms with van der Waals surface area (Å²) >= 11 is 0. The van der Waals surface area contributed by atoms with Crippen LogP contribution in [0.3, 0.4) is 0 Å². The van der Waals surface area contributed by atoms with Gasteiger partial charge in [0.2, 0.25) is 0 Å². The smallest absolute Gasteiger partial charge is 0.295 e. The van der Waals surface area contributed by atoms with Crippen LogP contribution in [-0.2, 0) is 14.3 Å². The molecule has 8 heteroatoms. The Kier molecular flexibility index (Phi) is 6.68. The first-order chi connectivity index (χ1) is 14.5. The van der Waals surface area contributed by atoms with E-state index < -0.39 is 17.7 Å². The number of rotatable bonds is 8. The van der Waals surface area contributed by atoms with Crippen molar-refractivity contribution >= 4 is 17.4 Å². The van der Waals surface area contributed by atoms with E-state index >= 15 is 0 Å². The minimum absolute atomic E-state index is 0.0169. The Bertz CT molecular complexity index is 957. The van der Waals surface area contributed by atoms with E-state index in [2.05, 4.69) is 4.98 Å². The van der Waals surface area contributed by atoms with Gasteiger partial charge in [0.05, 0.1) is 18.2 Å². The minimum Gasteiger partial charge on any atom is -0.507 e. The highest BCUT2D eigenvalue weighted by atomic mass is 16.5. The number of Topliss-reactive ketones (excluding diaryl/α,β-unsaturated/α-hetero) is 1. The lowest BCUT2D eigenvalue weighted by atomic mass is 9.95. The number of nitrogens with zero attached hydrogens (tertiary/aromatic N) is 2. The zero-order valence-corrected chi connectivity index (χ0v) is 16.9. The molecule has 8 nitrogen and oxygen atoms in total. The summed E-state index contributed by atoms with van der Waals surface area (Å²) in [5.74, 6) is -1.55. The maximum absolute atomic E-state index is 12.9. The van der Waals surface area contributed by atoms with Crippen LogP contribution >= 0.6 is 0 Å². The average molecular weight is 412 g/mol. The molecular formula is C22H24N2O6. The predicted octanol–water partition coefficient (Wildman–Crippen LogP) is 2.64. The van der Waals surface area contributed by atoms with Crippen molar-refractivity contribution in [2.45, 2.75) is 19.4 Å². The number of phenols is 1. The van der Waals surface area contributed by atoms with Gasteiger partial charge in [0.15, 0.2) is 11.5 Å². The molecule has 1 aliphatic heterocycles. The maximum Gasteiger partial charge on any atom is 0.295 e. The summed E-state index contributed by atoms with van der Waals surface area (Å²) < 4.78 is 10.5. The molecule has 2 heterocycles. The van der Waals surface area contributed by atoms with E-state index in [1.165, 1.54) is 23.4 Å². The number of pyridine rings is 1. The zero-order valence-electron chi connectivity index (χ0n) is 16.9. The number of ketones is 1. The van der Waals surface area contributed by atoms with Crippen LogP contribution in [0.1, 0.15) is 30.5 Å². The highest BCUT2D eigenvalue weighted by Crippen LogP contribution is 2.41. The third-order valence-corrected chi connectivity index (χ3v) is 4.84. The number of hydrogen-bond acceptors (Lipinski definition) is 7. The number of hydrogen-bond donors (Lipinski definition) is 2. The van der Waals surface area contributed by atoms with Gasteiger partial charge in [0.25, 0.3) is 11.7 Å². The number of methoxy groups -OCH3 is 1. The number of aromatic nitrogens is 1. The van der Waals surface area contributed by atoms with E-state index in [0.717, 1.165) is 0 Å². The van der Waals surface area contributed by atoms with E-state index in [4.69, 9.17) is 9.47 Å². The number of aliphatic hydroxyl groups excluding tert-OH is 1. The Labute approximate surface area is 174 Å². The summed E-state index contributed by atoms with van der Waals surface area (Å²) in [7, 11) is 1.56. The van der Waals surface area contributed by atoms with Crippen molar-refractivity contribution in [3.05, 3.63) is 59.4 Å². The molecule has 0 bridgehead atoms. The quantitative estimate of drug-likeness (QED) is 0.297. The molecule has 0 spiro atoms. The van der Waals surface area contributed by atoms with Crippen molar-refractivity contribution < 1.29 is 29.3 Å². The van der Waals surface area contributed by atoms with Crippen molar-refractivity contribution in [3.63, 3.8) is 0 Å². The summed E-state index contributed by atoms with van der Waals surface area (Å²) in [6.07, 6.45) is 3.50. The van der Waals surface area contributed by atoms with Gasteiger partial charge in [-0.1, -0.05) is 6.07 Å². The molecule has 3 rings (SSSR count). The molecule has 2 N–H and O–H groups in total. The molecule has 1 fully saturated rings. The molecule has 1 aliphatic rings. The lowest BCUT2D eigenvalue weighted by molar-refractivity contribution is -0.140. The first kappa shape index (κ1) is 21.3. The monoisotopic (exact) mass is 412 g/mol. The summed E-state index contributed by atoms with van der Waals surface area (Å²) in [4.78, 5) is 31.0. The van der Waals surface area contributed by atoms with Crippen molar-refractivity contribution in [2.75, 3.05) is 26.9 Å². The Morgan fingerprint density at radius 3 is 2.60 bits per heavy atom. The van der Waals surface area contributed by atoms with E-state index in [0.29, 0.717) is 30.8 Å². The third kappa shape index (κ3) is 4.13. The standard InChI is InChI=1S/C22H24N2O6/c1-3-30-17-13-15(5-6-16(17)25)19-18(20(26)14-7-9-23-10-8-14)21(27)22(28)24(19)11-4-12-29-2/h5-10,13,19,25-26H,3-4,11-12H2,1-2H3/b20-18+. The summed E-state index contributed by atoms with van der Waals surface area (Å²) in [6, 6.07) is 6.94. The average Bonchev–Trinajstić information content (AvgIpc) is 3.01. The Balaban J connectivity index is 2.14. The van der Waals surface area contributed by atoms with E-state index in [-0.39, 0.29) is 29.4 Å². The Hall–Kier alpha value is -3.39. The topological polar surface area (TPSA) is 109 Å². The van der Waals surface area contributed by atoms with Gasteiger partial charge in [-0.05, 0) is 43.2 Å². The van der Waals surface area contributed by atoms with Gasteiger partial charge in [-0.3, -0.25) is 14.6 Å². The molecular weight excluding hydrogens is 388 g/mol. The second-order valence-electron chi connectivity index (χ2n) is 6.73. The lowest BCUT2D eigenvalue weighted by Gasteiger charge is -2.25. The van der Waals surface area contributed by atoms with E-state index in [9.17, 15) is 19.8 Å². The van der Waals surface area contributed by atoms with Crippen LogP contribution in [0.15, 0.2) is 48.3 Å². The first-order valence-corrected chi connectivity index (χ1v) is 9.63. The number of ether oxygens (including phenoxy) is 2. The highest BCUT2D eigenvalue weighted by molar-refractivity contribution is 6.46. The number of aromatic hydroxyl groups is 1. The van der Waals surface area contributed by atoms with E-state index in [1.54, 1.807) is 38.3 Å². The normalized spacial score (nSPS) is 18.1. The van der Waals surface area contributed by atoms with Gasteiger partial charge in [0.1, 0.15) is 5.76 Å². The molecule has 2 aromatic rings. The summed E-state index contributed by atoms with van der Waals surface area (Å²) in [6.45, 7) is 2.80. The molecule has 0 saturated carbocycles. The molecule has 1 amide bonds.